The minimum Gasteiger partial charge on any atom is -0.486 e. The van der Waals surface area contributed by atoms with Gasteiger partial charge in [0, 0.05) is 5.02 Å². The van der Waals surface area contributed by atoms with E-state index in [2.05, 4.69) is 5.32 Å². The minimum absolute atomic E-state index is 0.0835. The average Bonchev–Trinajstić information content (AvgIpc) is 2.86. The topological polar surface area (TPSA) is 77.1 Å². The highest BCUT2D eigenvalue weighted by Crippen LogP contribution is 2.36. The van der Waals surface area contributed by atoms with Crippen molar-refractivity contribution < 1.29 is 23.8 Å². The van der Waals surface area contributed by atoms with Crippen LogP contribution in [-0.4, -0.2) is 37.6 Å². The van der Waals surface area contributed by atoms with Crippen molar-refractivity contribution in [2.75, 3.05) is 24.6 Å². The molecule has 8 heteroatoms. The van der Waals surface area contributed by atoms with E-state index in [4.69, 9.17) is 25.8 Å². The third kappa shape index (κ3) is 4.56. The van der Waals surface area contributed by atoms with Crippen LogP contribution in [0.1, 0.15) is 5.56 Å². The van der Waals surface area contributed by atoms with Crippen LogP contribution in [-0.2, 0) is 9.59 Å². The Bertz CT molecular complexity index is 1280. The van der Waals surface area contributed by atoms with Gasteiger partial charge in [-0.15, -0.1) is 0 Å². The lowest BCUT2D eigenvalue weighted by atomic mass is 10.1. The average molecular weight is 477 g/mol. The standard InChI is InChI=1S/C26H21ClN2O5/c27-19-8-2-1-7-17(19)13-24-26(31)29(20-9-3-4-10-21(20)34-24)15-25(30)28-14-18-16-32-22-11-5-6-12-23(22)33-18/h1-13,18H,14-16H2,(H,28,30)/b24-13+. The molecule has 2 aliphatic rings. The fourth-order valence-corrected chi connectivity index (χ4v) is 3.93. The van der Waals surface area contributed by atoms with Crippen LogP contribution in [0.15, 0.2) is 78.6 Å². The first-order valence-corrected chi connectivity index (χ1v) is 11.2. The zero-order valence-electron chi connectivity index (χ0n) is 18.1. The molecule has 34 heavy (non-hydrogen) atoms. The molecular formula is C26H21ClN2O5. The minimum atomic E-state index is -0.431. The van der Waals surface area contributed by atoms with Crippen LogP contribution >= 0.6 is 11.6 Å². The van der Waals surface area contributed by atoms with Crippen molar-refractivity contribution in [3.63, 3.8) is 0 Å². The number of nitrogens with zero attached hydrogens (tertiary/aromatic N) is 1. The summed E-state index contributed by atoms with van der Waals surface area (Å²) in [6, 6.07) is 21.6. The molecule has 0 saturated heterocycles. The lowest BCUT2D eigenvalue weighted by Gasteiger charge is -2.30. The molecule has 7 nitrogen and oxygen atoms in total. The van der Waals surface area contributed by atoms with Crippen molar-refractivity contribution >= 4 is 35.2 Å². The Morgan fingerprint density at radius 2 is 1.71 bits per heavy atom. The lowest BCUT2D eigenvalue weighted by Crippen LogP contribution is -2.47. The molecule has 2 amide bonds. The monoisotopic (exact) mass is 476 g/mol. The molecule has 0 spiro atoms. The van der Waals surface area contributed by atoms with Gasteiger partial charge < -0.3 is 19.5 Å². The Labute approximate surface area is 201 Å². The maximum Gasteiger partial charge on any atom is 0.294 e. The Kier molecular flexibility index (Phi) is 6.10. The third-order valence-electron chi connectivity index (χ3n) is 5.42. The molecule has 0 saturated carbocycles. The first-order valence-electron chi connectivity index (χ1n) is 10.8. The van der Waals surface area contributed by atoms with Crippen molar-refractivity contribution in [2.45, 2.75) is 6.10 Å². The Morgan fingerprint density at radius 1 is 1.00 bits per heavy atom. The van der Waals surface area contributed by atoms with E-state index in [9.17, 15) is 9.59 Å². The molecule has 0 aromatic heterocycles. The van der Waals surface area contributed by atoms with E-state index in [-0.39, 0.29) is 30.9 Å². The van der Waals surface area contributed by atoms with E-state index in [1.807, 2.05) is 30.3 Å². The molecule has 2 aliphatic heterocycles. The maximum atomic E-state index is 13.2. The third-order valence-corrected chi connectivity index (χ3v) is 5.76. The summed E-state index contributed by atoms with van der Waals surface area (Å²) < 4.78 is 17.4. The highest BCUT2D eigenvalue weighted by Gasteiger charge is 2.32. The SMILES string of the molecule is O=C(CN1C(=O)/C(=C\c2ccccc2Cl)Oc2ccccc21)NCC1COc2ccccc2O1. The number of carbonyl (C=O) groups is 2. The number of carbonyl (C=O) groups excluding carboxylic acids is 2. The second-order valence-corrected chi connectivity index (χ2v) is 8.20. The van der Waals surface area contributed by atoms with Gasteiger partial charge in [-0.3, -0.25) is 14.5 Å². The van der Waals surface area contributed by atoms with Gasteiger partial charge in [0.2, 0.25) is 5.91 Å². The lowest BCUT2D eigenvalue weighted by molar-refractivity contribution is -0.123. The number of hydrogen-bond donors (Lipinski definition) is 1. The van der Waals surface area contributed by atoms with Gasteiger partial charge >= 0.3 is 0 Å². The quantitative estimate of drug-likeness (QED) is 0.562. The zero-order valence-corrected chi connectivity index (χ0v) is 18.8. The van der Waals surface area contributed by atoms with Gasteiger partial charge in [0.05, 0.1) is 12.2 Å². The first kappa shape index (κ1) is 21.9. The van der Waals surface area contributed by atoms with Crippen LogP contribution in [0.25, 0.3) is 6.08 Å². The normalized spacial score (nSPS) is 17.7. The number of para-hydroxylation sites is 4. The van der Waals surface area contributed by atoms with Crippen molar-refractivity contribution in [3.8, 4) is 17.2 Å². The van der Waals surface area contributed by atoms with Crippen LogP contribution in [0, 0.1) is 0 Å². The van der Waals surface area contributed by atoms with Gasteiger partial charge in [0.1, 0.15) is 19.3 Å². The number of anilines is 1. The highest BCUT2D eigenvalue weighted by molar-refractivity contribution is 6.32. The molecule has 0 radical (unpaired) electrons. The van der Waals surface area contributed by atoms with Crippen LogP contribution < -0.4 is 24.4 Å². The molecule has 3 aromatic carbocycles. The van der Waals surface area contributed by atoms with Crippen molar-refractivity contribution in [3.05, 3.63) is 89.1 Å². The number of amides is 2. The molecule has 3 aromatic rings. The maximum absolute atomic E-state index is 13.2. The van der Waals surface area contributed by atoms with Crippen LogP contribution in [0.5, 0.6) is 17.2 Å². The molecule has 0 fully saturated rings. The molecule has 0 bridgehead atoms. The largest absolute Gasteiger partial charge is 0.486 e. The number of fused-ring (bicyclic) bond motifs is 2. The van der Waals surface area contributed by atoms with E-state index in [1.54, 1.807) is 48.5 Å². The van der Waals surface area contributed by atoms with Crippen LogP contribution in [0.4, 0.5) is 5.69 Å². The predicted molar refractivity (Wildman–Crippen MR) is 128 cm³/mol. The fraction of sp³-hybridized carbons (Fsp3) is 0.154. The van der Waals surface area contributed by atoms with E-state index in [1.165, 1.54) is 4.90 Å². The summed E-state index contributed by atoms with van der Waals surface area (Å²) in [5, 5.41) is 3.33. The number of rotatable bonds is 5. The fourth-order valence-electron chi connectivity index (χ4n) is 3.74. The molecule has 1 unspecified atom stereocenters. The Balaban J connectivity index is 1.29. The van der Waals surface area contributed by atoms with Crippen LogP contribution in [0.3, 0.4) is 0 Å². The second kappa shape index (κ2) is 9.49. The molecule has 172 valence electrons. The molecular weight excluding hydrogens is 456 g/mol. The van der Waals surface area contributed by atoms with Crippen molar-refractivity contribution in [2.24, 2.45) is 0 Å². The smallest absolute Gasteiger partial charge is 0.294 e. The Hall–Kier alpha value is -3.97. The van der Waals surface area contributed by atoms with E-state index >= 15 is 0 Å². The van der Waals surface area contributed by atoms with Gasteiger partial charge in [-0.1, -0.05) is 54.1 Å². The highest BCUT2D eigenvalue weighted by atomic mass is 35.5. The number of hydrogen-bond acceptors (Lipinski definition) is 5. The Morgan fingerprint density at radius 3 is 2.53 bits per heavy atom. The van der Waals surface area contributed by atoms with Gasteiger partial charge in [0.15, 0.2) is 23.0 Å². The zero-order chi connectivity index (χ0) is 23.5. The van der Waals surface area contributed by atoms with E-state index < -0.39 is 5.91 Å². The predicted octanol–water partition coefficient (Wildman–Crippen LogP) is 4.06. The second-order valence-electron chi connectivity index (χ2n) is 7.79. The summed E-state index contributed by atoms with van der Waals surface area (Å²) in [5.74, 6) is 1.12. The molecule has 0 aliphatic carbocycles. The van der Waals surface area contributed by atoms with E-state index in [0.717, 1.165) is 0 Å². The number of halogens is 1. The summed E-state index contributed by atoms with van der Waals surface area (Å²) in [7, 11) is 0. The summed E-state index contributed by atoms with van der Waals surface area (Å²) in [6.07, 6.45) is 1.25. The van der Waals surface area contributed by atoms with Gasteiger partial charge in [-0.05, 0) is 42.0 Å². The van der Waals surface area contributed by atoms with Gasteiger partial charge in [-0.2, -0.15) is 0 Å². The number of ether oxygens (including phenoxy) is 3. The first-order chi connectivity index (χ1) is 16.6. The number of benzene rings is 3. The summed E-state index contributed by atoms with van der Waals surface area (Å²) in [5.41, 5.74) is 1.16. The summed E-state index contributed by atoms with van der Waals surface area (Å²) in [4.78, 5) is 27.4. The van der Waals surface area contributed by atoms with E-state index in [0.29, 0.717) is 40.1 Å². The molecule has 5 rings (SSSR count). The number of nitrogens with one attached hydrogen (secondary N) is 1. The van der Waals surface area contributed by atoms with Gasteiger partial charge in [0.25, 0.3) is 5.91 Å². The molecule has 2 heterocycles. The summed E-state index contributed by atoms with van der Waals surface area (Å²) in [6.45, 7) is 0.389. The van der Waals surface area contributed by atoms with Crippen molar-refractivity contribution in [1.29, 1.82) is 0 Å². The molecule has 1 N–H and O–H groups in total. The van der Waals surface area contributed by atoms with Crippen molar-refractivity contribution in [1.82, 2.24) is 5.32 Å². The summed E-state index contributed by atoms with van der Waals surface area (Å²) >= 11 is 6.25. The van der Waals surface area contributed by atoms with Crippen LogP contribution in [0.2, 0.25) is 5.02 Å². The molecule has 1 atom stereocenters. The van der Waals surface area contributed by atoms with Gasteiger partial charge in [-0.25, -0.2) is 0 Å².